The van der Waals surface area contributed by atoms with Crippen LogP contribution in [0.1, 0.15) is 49.7 Å². The predicted octanol–water partition coefficient (Wildman–Crippen LogP) is 5.53. The van der Waals surface area contributed by atoms with Gasteiger partial charge in [0.05, 0.1) is 0 Å². The van der Waals surface area contributed by atoms with Crippen molar-refractivity contribution in [1.82, 2.24) is 14.7 Å². The van der Waals surface area contributed by atoms with Crippen LogP contribution in [-0.2, 0) is 11.3 Å². The van der Waals surface area contributed by atoms with Crippen LogP contribution in [0, 0.1) is 6.92 Å². The van der Waals surface area contributed by atoms with Crippen LogP contribution in [0.3, 0.4) is 0 Å². The summed E-state index contributed by atoms with van der Waals surface area (Å²) in [4.78, 5) is 17.8. The average molecular weight is 552 g/mol. The molecule has 1 spiro atoms. The Balaban J connectivity index is 1.40. The molecule has 38 heavy (non-hydrogen) atoms. The summed E-state index contributed by atoms with van der Waals surface area (Å²) >= 11 is 0. The Bertz CT molecular complexity index is 956. The van der Waals surface area contributed by atoms with Crippen LogP contribution in [0.25, 0.3) is 0 Å². The maximum Gasteiger partial charge on any atom is 0.434 e. The Morgan fingerprint density at radius 1 is 1.00 bits per heavy atom. The topological polar surface area (TPSA) is 45.3 Å². The van der Waals surface area contributed by atoms with Crippen molar-refractivity contribution >= 4 is 6.09 Å². The van der Waals surface area contributed by atoms with Crippen molar-refractivity contribution < 1.29 is 40.6 Å². The molecular formula is C26H35F6N3O3. The smallest absolute Gasteiger partial charge is 0.434 e. The molecule has 3 aliphatic rings. The predicted molar refractivity (Wildman–Crippen MR) is 128 cm³/mol. The second-order valence-corrected chi connectivity index (χ2v) is 10.8. The number of nitrogens with zero attached hydrogens (tertiary/aromatic N) is 3. The van der Waals surface area contributed by atoms with Crippen LogP contribution in [0.15, 0.2) is 18.2 Å². The summed E-state index contributed by atoms with van der Waals surface area (Å²) in [6.45, 7) is 5.47. The molecule has 0 saturated carbocycles. The number of piperidine rings is 2. The highest BCUT2D eigenvalue weighted by molar-refractivity contribution is 5.68. The highest BCUT2D eigenvalue weighted by Crippen LogP contribution is 2.41. The molecule has 0 aromatic heterocycles. The number of alkyl halides is 6. The minimum absolute atomic E-state index is 0.0324. The third kappa shape index (κ3) is 6.67. The van der Waals surface area contributed by atoms with Crippen LogP contribution in [0.5, 0.6) is 5.75 Å². The van der Waals surface area contributed by atoms with Gasteiger partial charge in [-0.3, -0.25) is 4.90 Å². The van der Waals surface area contributed by atoms with E-state index in [1.54, 1.807) is 0 Å². The van der Waals surface area contributed by atoms with E-state index in [2.05, 4.69) is 27.7 Å². The molecule has 3 fully saturated rings. The van der Waals surface area contributed by atoms with E-state index in [0.717, 1.165) is 67.1 Å². The van der Waals surface area contributed by atoms with E-state index in [-0.39, 0.29) is 24.7 Å². The molecule has 214 valence electrons. The van der Waals surface area contributed by atoms with Crippen molar-refractivity contribution in [2.45, 2.75) is 82.1 Å². The summed E-state index contributed by atoms with van der Waals surface area (Å²) < 4.78 is 87.3. The summed E-state index contributed by atoms with van der Waals surface area (Å²) in [5.74, 6) is 0.855. The fourth-order valence-corrected chi connectivity index (χ4v) is 5.80. The van der Waals surface area contributed by atoms with Crippen LogP contribution in [-0.4, -0.2) is 90.7 Å². The first-order chi connectivity index (χ1) is 17.8. The van der Waals surface area contributed by atoms with E-state index < -0.39 is 24.5 Å². The van der Waals surface area contributed by atoms with E-state index in [1.807, 2.05) is 19.1 Å². The van der Waals surface area contributed by atoms with Gasteiger partial charge in [0.25, 0.3) is 6.10 Å². The molecular weight excluding hydrogens is 516 g/mol. The number of hydrogen-bond acceptors (Lipinski definition) is 5. The zero-order chi connectivity index (χ0) is 27.7. The zero-order valence-electron chi connectivity index (χ0n) is 21.7. The molecule has 0 bridgehead atoms. The number of carbonyl (C=O) groups is 1. The fourth-order valence-electron chi connectivity index (χ4n) is 5.80. The quantitative estimate of drug-likeness (QED) is 0.451. The molecule has 3 heterocycles. The fraction of sp³-hybridized carbons (Fsp3) is 0.731. The maximum atomic E-state index is 12.8. The second-order valence-electron chi connectivity index (χ2n) is 10.8. The van der Waals surface area contributed by atoms with Crippen LogP contribution in [0.2, 0.25) is 0 Å². The molecule has 12 heteroatoms. The Morgan fingerprint density at radius 2 is 1.63 bits per heavy atom. The highest BCUT2D eigenvalue weighted by Gasteiger charge is 2.60. The number of halogens is 6. The van der Waals surface area contributed by atoms with Gasteiger partial charge in [-0.15, -0.1) is 0 Å². The number of rotatable bonds is 5. The van der Waals surface area contributed by atoms with Gasteiger partial charge in [-0.25, -0.2) is 4.79 Å². The number of carbonyl (C=O) groups excluding carboxylic acids is 1. The summed E-state index contributed by atoms with van der Waals surface area (Å²) in [7, 11) is 2.09. The van der Waals surface area contributed by atoms with Crippen LogP contribution in [0.4, 0.5) is 31.1 Å². The van der Waals surface area contributed by atoms with Crippen LogP contribution >= 0.6 is 0 Å². The van der Waals surface area contributed by atoms with E-state index in [1.165, 1.54) is 0 Å². The number of amides is 1. The molecule has 1 amide bonds. The summed E-state index contributed by atoms with van der Waals surface area (Å²) in [6.07, 6.45) is -12.5. The lowest BCUT2D eigenvalue weighted by molar-refractivity contribution is -0.308. The van der Waals surface area contributed by atoms with Crippen molar-refractivity contribution in [1.29, 1.82) is 0 Å². The van der Waals surface area contributed by atoms with E-state index in [4.69, 9.17) is 4.74 Å². The molecule has 4 rings (SSSR count). The molecule has 3 aliphatic heterocycles. The van der Waals surface area contributed by atoms with E-state index >= 15 is 0 Å². The molecule has 0 aliphatic carbocycles. The lowest BCUT2D eigenvalue weighted by Crippen LogP contribution is -2.54. The lowest BCUT2D eigenvalue weighted by atomic mass is 9.85. The summed E-state index contributed by atoms with van der Waals surface area (Å²) in [5, 5.41) is 0. The van der Waals surface area contributed by atoms with Gasteiger partial charge in [0.15, 0.2) is 0 Å². The Kier molecular flexibility index (Phi) is 8.42. The Morgan fingerprint density at radius 3 is 2.24 bits per heavy atom. The first kappa shape index (κ1) is 28.8. The van der Waals surface area contributed by atoms with Gasteiger partial charge >= 0.3 is 18.4 Å². The third-order valence-corrected chi connectivity index (χ3v) is 8.05. The molecule has 0 unspecified atom stereocenters. The minimum Gasteiger partial charge on any atom is -0.490 e. The standard InChI is InChI=1S/C26H35F6N3O3/c1-18-4-5-19(21(16-18)37-20-6-12-33(2)13-7-20)17-35-11-3-8-24(35)9-14-34(15-10-24)23(36)38-22(25(27,28)29)26(30,31)32/h4-5,16,20,22H,3,6-15,17H2,1-2H3. The summed E-state index contributed by atoms with van der Waals surface area (Å²) in [6, 6.07) is 6.15. The number of hydrogen-bond donors (Lipinski definition) is 0. The molecule has 0 N–H and O–H groups in total. The van der Waals surface area contributed by atoms with Gasteiger partial charge in [-0.05, 0) is 70.7 Å². The highest BCUT2D eigenvalue weighted by atomic mass is 19.4. The molecule has 0 atom stereocenters. The van der Waals surface area contributed by atoms with Crippen molar-refractivity contribution in [3.63, 3.8) is 0 Å². The lowest BCUT2D eigenvalue weighted by Gasteiger charge is -2.45. The maximum absolute atomic E-state index is 12.8. The van der Waals surface area contributed by atoms with Gasteiger partial charge < -0.3 is 19.3 Å². The number of aryl methyl sites for hydroxylation is 1. The zero-order valence-corrected chi connectivity index (χ0v) is 21.7. The van der Waals surface area contributed by atoms with Crippen molar-refractivity contribution in [2.75, 3.05) is 39.8 Å². The molecule has 6 nitrogen and oxygen atoms in total. The van der Waals surface area contributed by atoms with E-state index in [9.17, 15) is 31.1 Å². The largest absolute Gasteiger partial charge is 0.490 e. The first-order valence-electron chi connectivity index (χ1n) is 13.1. The normalized spacial score (nSPS) is 21.9. The summed E-state index contributed by atoms with van der Waals surface area (Å²) in [5.41, 5.74) is 1.87. The van der Waals surface area contributed by atoms with E-state index in [0.29, 0.717) is 19.4 Å². The van der Waals surface area contributed by atoms with Gasteiger partial charge in [0.1, 0.15) is 11.9 Å². The molecule has 1 aromatic rings. The van der Waals surface area contributed by atoms with Crippen molar-refractivity contribution in [3.8, 4) is 5.75 Å². The van der Waals surface area contributed by atoms with Crippen LogP contribution < -0.4 is 4.74 Å². The number of benzene rings is 1. The minimum atomic E-state index is -5.73. The SMILES string of the molecule is Cc1ccc(CN2CCCC23CCN(C(=O)OC(C(F)(F)F)C(F)(F)F)CC3)c(OC2CCN(C)CC2)c1. The monoisotopic (exact) mass is 551 g/mol. The molecule has 0 radical (unpaired) electrons. The molecule has 3 saturated heterocycles. The van der Waals surface area contributed by atoms with Crippen molar-refractivity contribution in [2.24, 2.45) is 0 Å². The number of likely N-dealkylation sites (tertiary alicyclic amines) is 3. The van der Waals surface area contributed by atoms with Gasteiger partial charge in [-0.2, -0.15) is 26.3 Å². The Labute approximate surface area is 218 Å². The van der Waals surface area contributed by atoms with Gasteiger partial charge in [0.2, 0.25) is 0 Å². The third-order valence-electron chi connectivity index (χ3n) is 8.05. The number of ether oxygens (including phenoxy) is 2. The van der Waals surface area contributed by atoms with Gasteiger partial charge in [0, 0.05) is 43.8 Å². The second kappa shape index (κ2) is 11.1. The Hall–Kier alpha value is -2.21. The van der Waals surface area contributed by atoms with Gasteiger partial charge in [-0.1, -0.05) is 12.1 Å². The first-order valence-corrected chi connectivity index (χ1v) is 13.1. The van der Waals surface area contributed by atoms with Crippen molar-refractivity contribution in [3.05, 3.63) is 29.3 Å². The molecule has 1 aromatic carbocycles. The average Bonchev–Trinajstić information content (AvgIpc) is 3.20.